The Balaban J connectivity index is 0.000000503. The number of pyridine rings is 2. The van der Waals surface area contributed by atoms with Crippen LogP contribution in [0.15, 0.2) is 42.6 Å². The molecule has 0 aliphatic carbocycles. The van der Waals surface area contributed by atoms with Gasteiger partial charge in [-0.2, -0.15) is 18.9 Å². The van der Waals surface area contributed by atoms with E-state index >= 15 is 0 Å². The molecular weight excluding hydrogens is 475 g/mol. The first-order chi connectivity index (χ1) is 11.2. The number of hydrogen-bond acceptors (Lipinski definition) is 2. The predicted octanol–water partition coefficient (Wildman–Crippen LogP) is 6.20. The molecule has 3 rings (SSSR count). The average Bonchev–Trinajstić information content (AvgIpc) is 2.62. The number of unbranched alkanes of at least 4 members (excludes halogenated alkanes) is 2. The maximum absolute atomic E-state index is 4.43. The van der Waals surface area contributed by atoms with Crippen molar-refractivity contribution in [3.63, 3.8) is 0 Å². The summed E-state index contributed by atoms with van der Waals surface area (Å²) in [5.74, 6) is 0. The Morgan fingerprint density at radius 2 is 1.33 bits per heavy atom. The van der Waals surface area contributed by atoms with Crippen LogP contribution in [0.4, 0.5) is 0 Å². The van der Waals surface area contributed by atoms with E-state index < -0.39 is 0 Å². The van der Waals surface area contributed by atoms with Crippen LogP contribution in [-0.2, 0) is 21.1 Å². The summed E-state index contributed by atoms with van der Waals surface area (Å²) in [6.45, 7) is 15.3. The number of fused-ring (bicyclic) bond motifs is 3. The van der Waals surface area contributed by atoms with Gasteiger partial charge in [0.2, 0.25) is 0 Å². The Kier molecular flexibility index (Phi) is 12.2. The summed E-state index contributed by atoms with van der Waals surface area (Å²) in [5, 5.41) is 2.22. The van der Waals surface area contributed by atoms with E-state index in [9.17, 15) is 0 Å². The molecule has 2 nitrogen and oxygen atoms in total. The Labute approximate surface area is 161 Å². The minimum atomic E-state index is 0. The first-order valence-corrected chi connectivity index (χ1v) is 8.22. The van der Waals surface area contributed by atoms with Crippen LogP contribution >= 0.6 is 0 Å². The van der Waals surface area contributed by atoms with Crippen LogP contribution < -0.4 is 0 Å². The maximum atomic E-state index is 4.43. The zero-order chi connectivity index (χ0) is 17.1. The fourth-order valence-corrected chi connectivity index (χ4v) is 1.76. The Hall–Kier alpha value is -1.40. The fourth-order valence-electron chi connectivity index (χ4n) is 1.76. The summed E-state index contributed by atoms with van der Waals surface area (Å²) < 4.78 is 0. The van der Waals surface area contributed by atoms with E-state index in [1.165, 1.54) is 12.8 Å². The molecule has 0 saturated heterocycles. The van der Waals surface area contributed by atoms with Gasteiger partial charge < -0.3 is 13.8 Å². The van der Waals surface area contributed by atoms with E-state index in [0.29, 0.717) is 0 Å². The molecule has 2 heterocycles. The third-order valence-corrected chi connectivity index (χ3v) is 3.20. The molecule has 0 fully saturated rings. The minimum absolute atomic E-state index is 0. The third-order valence-electron chi connectivity index (χ3n) is 3.20. The van der Waals surface area contributed by atoms with Gasteiger partial charge >= 0.3 is 0 Å². The molecule has 134 valence electrons. The predicted molar refractivity (Wildman–Crippen MR) is 102 cm³/mol. The second-order valence-corrected chi connectivity index (χ2v) is 5.22. The standard InChI is InChI=1S/C13H9N2.2C4H9.Pt/c1-9-4-5-11-7-6-10-3-2-8-14-12(10)13(11)15-9;2*1-3-4-2;/h2-8H,1H2;2*1,3-4H2,2H3;/q3*-1;. The van der Waals surface area contributed by atoms with Crippen molar-refractivity contribution in [2.75, 3.05) is 0 Å². The Morgan fingerprint density at radius 1 is 0.833 bits per heavy atom. The van der Waals surface area contributed by atoms with Crippen LogP contribution in [0.1, 0.15) is 45.2 Å². The first-order valence-electron chi connectivity index (χ1n) is 8.22. The molecule has 2 aromatic heterocycles. The van der Waals surface area contributed by atoms with Crippen LogP contribution in [0.5, 0.6) is 0 Å². The van der Waals surface area contributed by atoms with Crippen LogP contribution in [0.3, 0.4) is 0 Å². The molecule has 0 saturated carbocycles. The molecule has 0 N–H and O–H groups in total. The average molecular weight is 503 g/mol. The van der Waals surface area contributed by atoms with Gasteiger partial charge in [0.25, 0.3) is 0 Å². The van der Waals surface area contributed by atoms with E-state index in [4.69, 9.17) is 0 Å². The molecule has 0 atom stereocenters. The second-order valence-electron chi connectivity index (χ2n) is 5.22. The first kappa shape index (κ1) is 22.6. The molecule has 3 heteroatoms. The zero-order valence-corrected chi connectivity index (χ0v) is 17.0. The molecule has 0 amide bonds. The van der Waals surface area contributed by atoms with Gasteiger partial charge in [-0.3, -0.25) is 9.97 Å². The number of rotatable bonds is 2. The van der Waals surface area contributed by atoms with Crippen molar-refractivity contribution in [3.8, 4) is 0 Å². The van der Waals surface area contributed by atoms with E-state index in [1.807, 2.05) is 24.3 Å². The molecule has 24 heavy (non-hydrogen) atoms. The van der Waals surface area contributed by atoms with Gasteiger partial charge in [-0.25, -0.2) is 6.92 Å². The van der Waals surface area contributed by atoms with Crippen LogP contribution in [0.2, 0.25) is 0 Å². The smallest absolute Gasteiger partial charge is 0.0962 e. The van der Waals surface area contributed by atoms with Crippen molar-refractivity contribution in [1.29, 1.82) is 0 Å². The molecular formula is C21H27N2Pt-3. The Bertz CT molecular complexity index is 702. The number of aromatic nitrogens is 2. The molecule has 1 aromatic carbocycles. The largest absolute Gasteiger partial charge is 0.343 e. The summed E-state index contributed by atoms with van der Waals surface area (Å²) in [5.41, 5.74) is 2.65. The van der Waals surface area contributed by atoms with Crippen molar-refractivity contribution in [1.82, 2.24) is 9.97 Å². The van der Waals surface area contributed by atoms with Crippen LogP contribution in [0.25, 0.3) is 21.8 Å². The molecule has 0 spiro atoms. The molecule has 0 aliphatic rings. The molecule has 0 aliphatic heterocycles. The third kappa shape index (κ3) is 7.01. The van der Waals surface area contributed by atoms with E-state index in [1.54, 1.807) is 6.20 Å². The van der Waals surface area contributed by atoms with E-state index in [2.05, 4.69) is 56.7 Å². The fraction of sp³-hybridized carbons (Fsp3) is 0.286. The van der Waals surface area contributed by atoms with E-state index in [-0.39, 0.29) is 21.1 Å². The van der Waals surface area contributed by atoms with Gasteiger partial charge in [0, 0.05) is 32.6 Å². The number of hydrogen-bond donors (Lipinski definition) is 0. The summed E-state index contributed by atoms with van der Waals surface area (Å²) in [6.07, 6.45) is 6.35. The monoisotopic (exact) mass is 502 g/mol. The van der Waals surface area contributed by atoms with Gasteiger partial charge in [-0.05, 0) is 11.5 Å². The zero-order valence-electron chi connectivity index (χ0n) is 14.7. The molecule has 0 radical (unpaired) electrons. The molecule has 0 bridgehead atoms. The topological polar surface area (TPSA) is 25.8 Å². The van der Waals surface area contributed by atoms with Gasteiger partial charge in [0.1, 0.15) is 0 Å². The van der Waals surface area contributed by atoms with Crippen molar-refractivity contribution < 1.29 is 21.1 Å². The SMILES string of the molecule is [CH2-]CCC.[CH2-]CCC.[CH2-]c1ccc2ccc3cccnc3c2n1.[Pt]. The second kappa shape index (κ2) is 13.0. The normalized spacial score (nSPS) is 9.33. The van der Waals surface area contributed by atoms with Gasteiger partial charge in [0.05, 0.1) is 11.0 Å². The van der Waals surface area contributed by atoms with Crippen molar-refractivity contribution >= 4 is 21.8 Å². The van der Waals surface area contributed by atoms with Crippen molar-refractivity contribution in [2.45, 2.75) is 39.5 Å². The van der Waals surface area contributed by atoms with Gasteiger partial charge in [-0.15, -0.1) is 11.8 Å². The minimum Gasteiger partial charge on any atom is -0.343 e. The van der Waals surface area contributed by atoms with E-state index in [0.717, 1.165) is 40.3 Å². The van der Waals surface area contributed by atoms with Gasteiger partial charge in [0.15, 0.2) is 0 Å². The van der Waals surface area contributed by atoms with Crippen molar-refractivity contribution in [2.24, 2.45) is 0 Å². The van der Waals surface area contributed by atoms with Crippen LogP contribution in [0, 0.1) is 20.8 Å². The number of benzene rings is 1. The van der Waals surface area contributed by atoms with Crippen molar-refractivity contribution in [3.05, 3.63) is 69.1 Å². The summed E-state index contributed by atoms with van der Waals surface area (Å²) >= 11 is 0. The summed E-state index contributed by atoms with van der Waals surface area (Å²) in [4.78, 5) is 8.79. The number of nitrogens with zero attached hydrogens (tertiary/aromatic N) is 2. The van der Waals surface area contributed by atoms with Crippen LogP contribution in [-0.4, -0.2) is 9.97 Å². The quantitative estimate of drug-likeness (QED) is 0.308. The van der Waals surface area contributed by atoms with Gasteiger partial charge in [-0.1, -0.05) is 44.9 Å². The molecule has 0 unspecified atom stereocenters. The summed E-state index contributed by atoms with van der Waals surface area (Å²) in [6, 6.07) is 12.0. The molecule has 3 aromatic rings. The maximum Gasteiger partial charge on any atom is 0.0962 e. The Morgan fingerprint density at radius 3 is 1.88 bits per heavy atom. The summed E-state index contributed by atoms with van der Waals surface area (Å²) in [7, 11) is 0.